The number of benzene rings is 1. The molecule has 1 aliphatic heterocycles. The lowest BCUT2D eigenvalue weighted by atomic mass is 10.0. The fourth-order valence-corrected chi connectivity index (χ4v) is 3.39. The predicted molar refractivity (Wildman–Crippen MR) is 125 cm³/mol. The van der Waals surface area contributed by atoms with Crippen LogP contribution in [-0.4, -0.2) is 49.7 Å². The Bertz CT molecular complexity index is 550. The van der Waals surface area contributed by atoms with Gasteiger partial charge in [-0.2, -0.15) is 0 Å². The van der Waals surface area contributed by atoms with Gasteiger partial charge in [-0.05, 0) is 51.3 Å². The van der Waals surface area contributed by atoms with Gasteiger partial charge >= 0.3 is 0 Å². The zero-order valence-corrected chi connectivity index (χ0v) is 19.7. The van der Waals surface area contributed by atoms with Gasteiger partial charge in [-0.1, -0.05) is 30.7 Å². The Labute approximate surface area is 182 Å². The van der Waals surface area contributed by atoms with Crippen molar-refractivity contribution in [3.8, 4) is 0 Å². The number of likely N-dealkylation sites (tertiary alicyclic amines) is 1. The molecule has 0 aliphatic carbocycles. The smallest absolute Gasteiger partial charge is 0.191 e. The number of piperidine rings is 1. The number of guanidine groups is 1. The molecule has 1 aromatic rings. The largest absolute Gasteiger partial charge is 0.383 e. The van der Waals surface area contributed by atoms with Crippen molar-refractivity contribution < 1.29 is 4.74 Å². The molecule has 0 spiro atoms. The number of nitrogens with one attached hydrogen (secondary N) is 2. The van der Waals surface area contributed by atoms with Crippen molar-refractivity contribution in [3.05, 3.63) is 35.4 Å². The normalized spacial score (nSPS) is 19.3. The Balaban J connectivity index is 0.00000364. The van der Waals surface area contributed by atoms with E-state index in [0.717, 1.165) is 19.0 Å². The fourth-order valence-electron chi connectivity index (χ4n) is 3.39. The second-order valence-electron chi connectivity index (χ2n) is 7.33. The molecule has 6 heteroatoms. The summed E-state index contributed by atoms with van der Waals surface area (Å²) in [7, 11) is 1.72. The molecule has 1 heterocycles. The summed E-state index contributed by atoms with van der Waals surface area (Å²) in [5.41, 5.74) is 2.63. The zero-order chi connectivity index (χ0) is 18.8. The van der Waals surface area contributed by atoms with Crippen molar-refractivity contribution in [2.24, 2.45) is 4.99 Å². The van der Waals surface area contributed by atoms with Crippen LogP contribution in [0.15, 0.2) is 29.3 Å². The molecular formula is C21H37IN4O. The molecule has 0 aromatic heterocycles. The van der Waals surface area contributed by atoms with Crippen molar-refractivity contribution in [2.45, 2.75) is 65.2 Å². The Morgan fingerprint density at radius 2 is 1.96 bits per heavy atom. The molecule has 1 aromatic carbocycles. The van der Waals surface area contributed by atoms with Crippen LogP contribution >= 0.6 is 24.0 Å². The SMILES string of the molecule is CCNC(=NCc1ccc(CN2CCCCC2C)cc1)NC(C)COC.I. The Hall–Kier alpha value is -0.860. The molecule has 27 heavy (non-hydrogen) atoms. The van der Waals surface area contributed by atoms with Gasteiger partial charge in [-0.25, -0.2) is 4.99 Å². The van der Waals surface area contributed by atoms with E-state index in [0.29, 0.717) is 19.2 Å². The molecule has 0 radical (unpaired) electrons. The second-order valence-corrected chi connectivity index (χ2v) is 7.33. The van der Waals surface area contributed by atoms with Gasteiger partial charge in [-0.15, -0.1) is 24.0 Å². The van der Waals surface area contributed by atoms with Gasteiger partial charge in [0, 0.05) is 32.3 Å². The number of methoxy groups -OCH3 is 1. The molecule has 154 valence electrons. The molecule has 1 fully saturated rings. The van der Waals surface area contributed by atoms with Crippen LogP contribution in [0.4, 0.5) is 0 Å². The number of aliphatic imine (C=N–C) groups is 1. The van der Waals surface area contributed by atoms with Crippen LogP contribution in [0.3, 0.4) is 0 Å². The number of hydrogen-bond donors (Lipinski definition) is 2. The summed E-state index contributed by atoms with van der Waals surface area (Å²) in [5.74, 6) is 0.836. The molecule has 0 amide bonds. The number of halogens is 1. The van der Waals surface area contributed by atoms with Crippen LogP contribution < -0.4 is 10.6 Å². The van der Waals surface area contributed by atoms with E-state index in [1.54, 1.807) is 7.11 Å². The van der Waals surface area contributed by atoms with Crippen LogP contribution in [0.5, 0.6) is 0 Å². The summed E-state index contributed by atoms with van der Waals surface area (Å²) in [4.78, 5) is 7.29. The van der Waals surface area contributed by atoms with E-state index in [1.807, 2.05) is 0 Å². The highest BCUT2D eigenvalue weighted by Gasteiger charge is 2.17. The van der Waals surface area contributed by atoms with E-state index in [4.69, 9.17) is 9.73 Å². The number of nitrogens with zero attached hydrogens (tertiary/aromatic N) is 2. The fraction of sp³-hybridized carbons (Fsp3) is 0.667. The van der Waals surface area contributed by atoms with Crippen molar-refractivity contribution in [2.75, 3.05) is 26.8 Å². The van der Waals surface area contributed by atoms with Gasteiger partial charge in [0.2, 0.25) is 0 Å². The van der Waals surface area contributed by atoms with Crippen molar-refractivity contribution in [1.82, 2.24) is 15.5 Å². The quantitative estimate of drug-likeness (QED) is 0.333. The lowest BCUT2D eigenvalue weighted by Crippen LogP contribution is -2.43. The monoisotopic (exact) mass is 488 g/mol. The van der Waals surface area contributed by atoms with Crippen LogP contribution in [-0.2, 0) is 17.8 Å². The Morgan fingerprint density at radius 1 is 1.26 bits per heavy atom. The van der Waals surface area contributed by atoms with E-state index in [9.17, 15) is 0 Å². The Morgan fingerprint density at radius 3 is 2.59 bits per heavy atom. The molecule has 2 rings (SSSR count). The summed E-state index contributed by atoms with van der Waals surface area (Å²) in [6, 6.07) is 9.84. The highest BCUT2D eigenvalue weighted by Crippen LogP contribution is 2.19. The number of ether oxygens (including phenoxy) is 1. The van der Waals surface area contributed by atoms with Crippen molar-refractivity contribution in [3.63, 3.8) is 0 Å². The molecule has 1 saturated heterocycles. The lowest BCUT2D eigenvalue weighted by molar-refractivity contribution is 0.152. The molecule has 0 bridgehead atoms. The Kier molecular flexibility index (Phi) is 11.9. The van der Waals surface area contributed by atoms with Gasteiger partial charge in [0.15, 0.2) is 5.96 Å². The minimum Gasteiger partial charge on any atom is -0.383 e. The van der Waals surface area contributed by atoms with Gasteiger partial charge in [0.1, 0.15) is 0 Å². The maximum Gasteiger partial charge on any atom is 0.191 e. The highest BCUT2D eigenvalue weighted by molar-refractivity contribution is 14.0. The predicted octanol–water partition coefficient (Wildman–Crippen LogP) is 3.77. The second kappa shape index (κ2) is 13.3. The molecule has 2 N–H and O–H groups in total. The topological polar surface area (TPSA) is 48.9 Å². The summed E-state index contributed by atoms with van der Waals surface area (Å²) < 4.78 is 5.18. The summed E-state index contributed by atoms with van der Waals surface area (Å²) in [6.45, 7) is 11.0. The molecule has 5 nitrogen and oxygen atoms in total. The van der Waals surface area contributed by atoms with E-state index in [-0.39, 0.29) is 30.0 Å². The first-order valence-electron chi connectivity index (χ1n) is 9.98. The standard InChI is InChI=1S/C21H36N4O.HI/c1-5-22-21(24-17(2)16-26-4)23-14-19-9-11-20(12-10-19)15-25-13-7-6-8-18(25)3;/h9-12,17-18H,5-8,13-16H2,1-4H3,(H2,22,23,24);1H. The minimum atomic E-state index is 0. The average Bonchev–Trinajstić information content (AvgIpc) is 2.63. The lowest BCUT2D eigenvalue weighted by Gasteiger charge is -2.33. The van der Waals surface area contributed by atoms with Crippen molar-refractivity contribution in [1.29, 1.82) is 0 Å². The summed E-state index contributed by atoms with van der Waals surface area (Å²) in [5, 5.41) is 6.66. The highest BCUT2D eigenvalue weighted by atomic mass is 127. The number of rotatable bonds is 8. The van der Waals surface area contributed by atoms with Gasteiger partial charge in [-0.3, -0.25) is 4.90 Å². The van der Waals surface area contributed by atoms with E-state index in [2.05, 4.69) is 60.6 Å². The maximum atomic E-state index is 5.18. The van der Waals surface area contributed by atoms with Gasteiger partial charge in [0.05, 0.1) is 13.2 Å². The summed E-state index contributed by atoms with van der Waals surface area (Å²) in [6.07, 6.45) is 4.03. The molecule has 2 unspecified atom stereocenters. The zero-order valence-electron chi connectivity index (χ0n) is 17.3. The first kappa shape index (κ1) is 24.2. The van der Waals surface area contributed by atoms with E-state index >= 15 is 0 Å². The first-order chi connectivity index (χ1) is 12.6. The van der Waals surface area contributed by atoms with Gasteiger partial charge in [0.25, 0.3) is 0 Å². The number of hydrogen-bond acceptors (Lipinski definition) is 3. The minimum absolute atomic E-state index is 0. The average molecular weight is 488 g/mol. The van der Waals surface area contributed by atoms with Gasteiger partial charge < -0.3 is 15.4 Å². The van der Waals surface area contributed by atoms with E-state index < -0.39 is 0 Å². The van der Waals surface area contributed by atoms with Crippen LogP contribution in [0.25, 0.3) is 0 Å². The molecule has 1 aliphatic rings. The first-order valence-corrected chi connectivity index (χ1v) is 9.98. The molecular weight excluding hydrogens is 451 g/mol. The van der Waals surface area contributed by atoms with Crippen molar-refractivity contribution >= 4 is 29.9 Å². The summed E-state index contributed by atoms with van der Waals surface area (Å²) >= 11 is 0. The van der Waals surface area contributed by atoms with Crippen LogP contribution in [0, 0.1) is 0 Å². The van der Waals surface area contributed by atoms with E-state index in [1.165, 1.54) is 36.9 Å². The third kappa shape index (κ3) is 8.79. The third-order valence-electron chi connectivity index (χ3n) is 4.91. The third-order valence-corrected chi connectivity index (χ3v) is 4.91. The maximum absolute atomic E-state index is 5.18. The molecule has 2 atom stereocenters. The van der Waals surface area contributed by atoms with Crippen LogP contribution in [0.1, 0.15) is 51.2 Å². The molecule has 0 saturated carbocycles. The van der Waals surface area contributed by atoms with Crippen LogP contribution in [0.2, 0.25) is 0 Å².